The van der Waals surface area contributed by atoms with E-state index < -0.39 is 6.36 Å². The van der Waals surface area contributed by atoms with Crippen molar-refractivity contribution in [3.8, 4) is 5.75 Å². The van der Waals surface area contributed by atoms with Crippen LogP contribution in [0.2, 0.25) is 0 Å². The topological polar surface area (TPSA) is 63.2 Å². The van der Waals surface area contributed by atoms with Gasteiger partial charge in [0.15, 0.2) is 0 Å². The lowest BCUT2D eigenvalue weighted by molar-refractivity contribution is -0.274. The van der Waals surface area contributed by atoms with Crippen molar-refractivity contribution in [2.45, 2.75) is 57.5 Å². The summed E-state index contributed by atoms with van der Waals surface area (Å²) in [6, 6.07) is 15.2. The molecule has 1 N–H and O–H groups in total. The molecule has 2 amide bonds. The summed E-state index contributed by atoms with van der Waals surface area (Å²) in [4.78, 5) is 19.5. The van der Waals surface area contributed by atoms with E-state index in [1.165, 1.54) is 43.3 Å². The number of likely N-dealkylation sites (tertiary alicyclic amines) is 1. The fraction of sp³-hybridized carbons (Fsp3) is 0.429. The Balaban J connectivity index is 1.46. The Morgan fingerprint density at radius 2 is 1.81 bits per heavy atom. The van der Waals surface area contributed by atoms with Gasteiger partial charge in [-0.3, -0.25) is 4.99 Å². The number of benzene rings is 2. The van der Waals surface area contributed by atoms with Crippen molar-refractivity contribution in [1.29, 1.82) is 0 Å². The number of urea groups is 1. The van der Waals surface area contributed by atoms with Crippen LogP contribution in [0.25, 0.3) is 5.70 Å². The van der Waals surface area contributed by atoms with Crippen LogP contribution in [0.15, 0.2) is 65.8 Å². The van der Waals surface area contributed by atoms with Crippen LogP contribution in [-0.4, -0.2) is 48.8 Å². The van der Waals surface area contributed by atoms with Crippen LogP contribution in [0.3, 0.4) is 0 Å². The molecule has 2 fully saturated rings. The van der Waals surface area contributed by atoms with Crippen LogP contribution in [0, 0.1) is 5.92 Å². The maximum atomic E-state index is 13.4. The lowest BCUT2D eigenvalue weighted by Crippen LogP contribution is -2.53. The molecular weight excluding hydrogens is 483 g/mol. The minimum atomic E-state index is -4.76. The largest absolute Gasteiger partial charge is 0.573 e. The number of hydrogen-bond acceptors (Lipinski definition) is 4. The molecule has 0 bridgehead atoms. The van der Waals surface area contributed by atoms with Crippen LogP contribution >= 0.6 is 0 Å². The predicted molar refractivity (Wildman–Crippen MR) is 136 cm³/mol. The number of halogens is 3. The van der Waals surface area contributed by atoms with Crippen LogP contribution in [-0.2, 0) is 11.2 Å². The lowest BCUT2D eigenvalue weighted by Gasteiger charge is -2.39. The number of amides is 2. The summed E-state index contributed by atoms with van der Waals surface area (Å²) in [6.45, 7) is 2.96. The number of rotatable bonds is 9. The number of alkyl halides is 3. The first-order valence-electron chi connectivity index (χ1n) is 12.6. The minimum Gasteiger partial charge on any atom is -0.406 e. The quantitative estimate of drug-likeness (QED) is 0.406. The van der Waals surface area contributed by atoms with E-state index in [9.17, 15) is 18.0 Å². The van der Waals surface area contributed by atoms with Gasteiger partial charge in [0.2, 0.25) is 0 Å². The number of nitrogens with zero attached hydrogens (tertiary/aromatic N) is 2. The highest BCUT2D eigenvalue weighted by Crippen LogP contribution is 2.31. The molecular formula is C28H32F3N3O3. The molecule has 37 heavy (non-hydrogen) atoms. The maximum Gasteiger partial charge on any atom is 0.573 e. The number of carbonyl (C=O) groups is 1. The zero-order chi connectivity index (χ0) is 26.3. The summed E-state index contributed by atoms with van der Waals surface area (Å²) in [5, 5.41) is 2.85. The van der Waals surface area contributed by atoms with Crippen molar-refractivity contribution < 1.29 is 27.4 Å². The number of aliphatic imine (C=N–C) groups is 1. The van der Waals surface area contributed by atoms with E-state index in [1.807, 2.05) is 23.1 Å². The monoisotopic (exact) mass is 515 g/mol. The van der Waals surface area contributed by atoms with E-state index in [4.69, 9.17) is 4.74 Å². The highest BCUT2D eigenvalue weighted by molar-refractivity contribution is 5.80. The average Bonchev–Trinajstić information content (AvgIpc) is 3.71. The molecule has 2 aromatic rings. The number of nitrogens with one attached hydrogen (secondary N) is 1. The Morgan fingerprint density at radius 1 is 1.08 bits per heavy atom. The zero-order valence-corrected chi connectivity index (χ0v) is 20.8. The zero-order valence-electron chi connectivity index (χ0n) is 20.8. The molecule has 1 saturated carbocycles. The Morgan fingerprint density at radius 3 is 2.46 bits per heavy atom. The molecule has 1 heterocycles. The van der Waals surface area contributed by atoms with Gasteiger partial charge in [-0.1, -0.05) is 30.3 Å². The molecule has 2 atom stereocenters. The second kappa shape index (κ2) is 12.3. The Bertz CT molecular complexity index is 1080. The average molecular weight is 516 g/mol. The first-order valence-corrected chi connectivity index (χ1v) is 12.6. The second-order valence-corrected chi connectivity index (χ2v) is 9.41. The minimum absolute atomic E-state index is 0.00309. The van der Waals surface area contributed by atoms with Crippen molar-refractivity contribution in [1.82, 2.24) is 10.2 Å². The van der Waals surface area contributed by atoms with Crippen LogP contribution in [0.4, 0.5) is 18.0 Å². The molecule has 1 aliphatic heterocycles. The van der Waals surface area contributed by atoms with Crippen molar-refractivity contribution in [3.05, 3.63) is 71.9 Å². The van der Waals surface area contributed by atoms with E-state index in [2.05, 4.69) is 27.2 Å². The summed E-state index contributed by atoms with van der Waals surface area (Å²) in [6.07, 6.45) is 3.18. The van der Waals surface area contributed by atoms with E-state index in [-0.39, 0.29) is 23.9 Å². The highest BCUT2D eigenvalue weighted by Gasteiger charge is 2.33. The lowest BCUT2D eigenvalue weighted by atomic mass is 9.94. The summed E-state index contributed by atoms with van der Waals surface area (Å²) in [5.74, 6) is 0.323. The molecule has 0 unspecified atom stereocenters. The molecule has 2 aliphatic rings. The summed E-state index contributed by atoms with van der Waals surface area (Å²) >= 11 is 0. The van der Waals surface area contributed by atoms with Crippen LogP contribution in [0.1, 0.15) is 43.7 Å². The second-order valence-electron chi connectivity index (χ2n) is 9.41. The van der Waals surface area contributed by atoms with Gasteiger partial charge in [-0.15, -0.1) is 13.2 Å². The molecule has 6 nitrogen and oxygen atoms in total. The summed E-state index contributed by atoms with van der Waals surface area (Å²) < 4.78 is 47.5. The SMILES string of the molecule is CC=N/C(=C\NC(=O)N1C[C@H](OCC2CC2)CC[C@@H]1Cc1ccccc1)c1ccc(OC(F)(F)F)cc1. The van der Waals surface area contributed by atoms with Gasteiger partial charge in [-0.25, -0.2) is 4.79 Å². The number of hydrogen-bond donors (Lipinski definition) is 1. The molecule has 198 valence electrons. The smallest absolute Gasteiger partial charge is 0.406 e. The van der Waals surface area contributed by atoms with E-state index in [0.717, 1.165) is 31.4 Å². The van der Waals surface area contributed by atoms with E-state index >= 15 is 0 Å². The normalized spacial score (nSPS) is 20.8. The maximum absolute atomic E-state index is 13.4. The number of piperidine rings is 1. The Kier molecular flexibility index (Phi) is 8.87. The Hall–Kier alpha value is -3.33. The number of carbonyl (C=O) groups excluding carboxylic acids is 1. The summed E-state index contributed by atoms with van der Waals surface area (Å²) in [7, 11) is 0. The molecule has 9 heteroatoms. The third-order valence-electron chi connectivity index (χ3n) is 6.49. The van der Waals surface area contributed by atoms with Crippen molar-refractivity contribution in [3.63, 3.8) is 0 Å². The molecule has 1 aliphatic carbocycles. The fourth-order valence-electron chi connectivity index (χ4n) is 4.41. The van der Waals surface area contributed by atoms with Gasteiger partial charge in [-0.2, -0.15) is 0 Å². The first kappa shape index (κ1) is 26.7. The van der Waals surface area contributed by atoms with Crippen LogP contribution < -0.4 is 10.1 Å². The standard InChI is InChI=1S/C28H32F3N3O3/c1-2-32-26(22-10-13-24(14-11-22)37-28(29,30)31)17-33-27(35)34-18-25(36-19-21-8-9-21)15-12-23(34)16-20-6-4-3-5-7-20/h2-7,10-11,13-14,17,21,23,25H,8-9,12,15-16,18-19H2,1H3,(H,33,35)/b26-17-,32-2?/t23-,25-/m1/s1. The molecule has 4 rings (SSSR count). The predicted octanol–water partition coefficient (Wildman–Crippen LogP) is 6.19. The van der Waals surface area contributed by atoms with Gasteiger partial charge in [0.05, 0.1) is 11.8 Å². The van der Waals surface area contributed by atoms with E-state index in [1.54, 1.807) is 13.1 Å². The third kappa shape index (κ3) is 8.35. The van der Waals surface area contributed by atoms with Gasteiger partial charge in [0.1, 0.15) is 5.75 Å². The molecule has 0 spiro atoms. The molecule has 0 radical (unpaired) electrons. The van der Waals surface area contributed by atoms with Crippen molar-refractivity contribution in [2.24, 2.45) is 10.9 Å². The van der Waals surface area contributed by atoms with Gasteiger partial charge in [-0.05, 0) is 74.8 Å². The third-order valence-corrected chi connectivity index (χ3v) is 6.49. The molecule has 1 saturated heterocycles. The van der Waals surface area contributed by atoms with Gasteiger partial charge >= 0.3 is 12.4 Å². The van der Waals surface area contributed by atoms with Crippen molar-refractivity contribution in [2.75, 3.05) is 13.2 Å². The van der Waals surface area contributed by atoms with Crippen LogP contribution in [0.5, 0.6) is 5.75 Å². The van der Waals surface area contributed by atoms with Gasteiger partial charge in [0.25, 0.3) is 0 Å². The van der Waals surface area contributed by atoms with Gasteiger partial charge in [0, 0.05) is 37.2 Å². The van der Waals surface area contributed by atoms with E-state index in [0.29, 0.717) is 23.7 Å². The first-order chi connectivity index (χ1) is 17.8. The fourth-order valence-corrected chi connectivity index (χ4v) is 4.41. The Labute approximate surface area is 215 Å². The summed E-state index contributed by atoms with van der Waals surface area (Å²) in [5.41, 5.74) is 2.11. The highest BCUT2D eigenvalue weighted by atomic mass is 19.4. The molecule has 0 aromatic heterocycles. The number of ether oxygens (including phenoxy) is 2. The van der Waals surface area contributed by atoms with Gasteiger partial charge < -0.3 is 19.7 Å². The molecule has 2 aromatic carbocycles. The van der Waals surface area contributed by atoms with Crippen molar-refractivity contribution >= 4 is 17.9 Å².